The van der Waals surface area contributed by atoms with E-state index in [0.29, 0.717) is 5.56 Å². The Hall–Kier alpha value is -0.140. The van der Waals surface area contributed by atoms with Gasteiger partial charge in [0.2, 0.25) is 0 Å². The standard InChI is InChI=1S/C12H15BrINO2/c1-12(2,7-16)15(3)11(17)9-6-8(14)4-5-10(9)13/h4-6,16H,7H2,1-3H3. The summed E-state index contributed by atoms with van der Waals surface area (Å²) in [4.78, 5) is 13.9. The van der Waals surface area contributed by atoms with Crippen molar-refractivity contribution in [2.75, 3.05) is 13.7 Å². The summed E-state index contributed by atoms with van der Waals surface area (Å²) in [5, 5.41) is 9.28. The predicted molar refractivity (Wildman–Crippen MR) is 80.1 cm³/mol. The van der Waals surface area contributed by atoms with E-state index in [2.05, 4.69) is 38.5 Å². The first kappa shape index (κ1) is 14.9. The number of carbonyl (C=O) groups is 1. The molecule has 17 heavy (non-hydrogen) atoms. The second-order valence-electron chi connectivity index (χ2n) is 4.46. The van der Waals surface area contributed by atoms with Gasteiger partial charge in [0.25, 0.3) is 5.91 Å². The summed E-state index contributed by atoms with van der Waals surface area (Å²) in [6.07, 6.45) is 0. The summed E-state index contributed by atoms with van der Waals surface area (Å²) in [6, 6.07) is 5.62. The second-order valence-corrected chi connectivity index (χ2v) is 6.56. The molecule has 0 saturated carbocycles. The maximum atomic E-state index is 12.3. The first-order valence-corrected chi connectivity index (χ1v) is 7.01. The Morgan fingerprint density at radius 2 is 2.12 bits per heavy atom. The monoisotopic (exact) mass is 411 g/mol. The smallest absolute Gasteiger partial charge is 0.255 e. The van der Waals surface area contributed by atoms with E-state index in [-0.39, 0.29) is 12.5 Å². The molecule has 0 radical (unpaired) electrons. The van der Waals surface area contributed by atoms with Gasteiger partial charge in [-0.15, -0.1) is 0 Å². The number of amides is 1. The van der Waals surface area contributed by atoms with Gasteiger partial charge in [0.15, 0.2) is 0 Å². The molecule has 5 heteroatoms. The molecule has 1 N–H and O–H groups in total. The minimum Gasteiger partial charge on any atom is -0.394 e. The van der Waals surface area contributed by atoms with Crippen LogP contribution in [-0.2, 0) is 0 Å². The topological polar surface area (TPSA) is 40.5 Å². The number of nitrogens with zero attached hydrogens (tertiary/aromatic N) is 1. The zero-order chi connectivity index (χ0) is 13.2. The maximum absolute atomic E-state index is 12.3. The highest BCUT2D eigenvalue weighted by molar-refractivity contribution is 14.1. The molecule has 0 spiro atoms. The highest BCUT2D eigenvalue weighted by Gasteiger charge is 2.28. The van der Waals surface area contributed by atoms with Crippen molar-refractivity contribution < 1.29 is 9.90 Å². The summed E-state index contributed by atoms with van der Waals surface area (Å²) in [5.41, 5.74) is 0.0403. The van der Waals surface area contributed by atoms with E-state index in [4.69, 9.17) is 0 Å². The number of aliphatic hydroxyl groups excluding tert-OH is 1. The summed E-state index contributed by atoms with van der Waals surface area (Å²) in [6.45, 7) is 3.58. The number of hydrogen-bond donors (Lipinski definition) is 1. The average Bonchev–Trinajstić information content (AvgIpc) is 2.30. The van der Waals surface area contributed by atoms with Gasteiger partial charge in [-0.2, -0.15) is 0 Å². The van der Waals surface area contributed by atoms with Crippen LogP contribution in [0.1, 0.15) is 24.2 Å². The highest BCUT2D eigenvalue weighted by atomic mass is 127. The molecule has 0 bridgehead atoms. The molecule has 1 amide bonds. The fourth-order valence-electron chi connectivity index (χ4n) is 1.22. The summed E-state index contributed by atoms with van der Waals surface area (Å²) in [5.74, 6) is -0.102. The van der Waals surface area contributed by atoms with E-state index in [0.717, 1.165) is 8.04 Å². The van der Waals surface area contributed by atoms with Crippen LogP contribution in [-0.4, -0.2) is 35.1 Å². The van der Waals surface area contributed by atoms with Crippen molar-refractivity contribution in [3.05, 3.63) is 31.8 Å². The number of aliphatic hydroxyl groups is 1. The minimum atomic E-state index is -0.572. The zero-order valence-electron chi connectivity index (χ0n) is 10.00. The van der Waals surface area contributed by atoms with E-state index in [1.165, 1.54) is 0 Å². The van der Waals surface area contributed by atoms with Crippen LogP contribution in [0.5, 0.6) is 0 Å². The zero-order valence-corrected chi connectivity index (χ0v) is 13.7. The molecule has 0 aliphatic heterocycles. The van der Waals surface area contributed by atoms with E-state index < -0.39 is 5.54 Å². The molecular weight excluding hydrogens is 397 g/mol. The van der Waals surface area contributed by atoms with Gasteiger partial charge in [-0.05, 0) is 70.6 Å². The van der Waals surface area contributed by atoms with Gasteiger partial charge in [-0.3, -0.25) is 4.79 Å². The Bertz CT molecular complexity index is 435. The van der Waals surface area contributed by atoms with Crippen molar-refractivity contribution in [2.45, 2.75) is 19.4 Å². The van der Waals surface area contributed by atoms with Crippen LogP contribution in [0.4, 0.5) is 0 Å². The van der Waals surface area contributed by atoms with Gasteiger partial charge in [0.05, 0.1) is 17.7 Å². The van der Waals surface area contributed by atoms with Crippen molar-refractivity contribution >= 4 is 44.4 Å². The maximum Gasteiger partial charge on any atom is 0.255 e. The van der Waals surface area contributed by atoms with Gasteiger partial charge in [0.1, 0.15) is 0 Å². The van der Waals surface area contributed by atoms with Crippen LogP contribution in [0, 0.1) is 3.57 Å². The molecule has 94 valence electrons. The van der Waals surface area contributed by atoms with Crippen molar-refractivity contribution in [3.63, 3.8) is 0 Å². The molecule has 0 saturated heterocycles. The Kier molecular flexibility index (Phi) is 4.97. The predicted octanol–water partition coefficient (Wildman–Crippen LogP) is 2.90. The molecule has 0 aliphatic carbocycles. The molecule has 0 heterocycles. The van der Waals surface area contributed by atoms with Gasteiger partial charge in [-0.1, -0.05) is 0 Å². The van der Waals surface area contributed by atoms with Gasteiger partial charge in [0, 0.05) is 15.1 Å². The van der Waals surface area contributed by atoms with E-state index >= 15 is 0 Å². The van der Waals surface area contributed by atoms with Crippen LogP contribution in [0.15, 0.2) is 22.7 Å². The van der Waals surface area contributed by atoms with Crippen LogP contribution in [0.2, 0.25) is 0 Å². The molecule has 1 aromatic carbocycles. The normalized spacial score (nSPS) is 11.4. The molecule has 3 nitrogen and oxygen atoms in total. The number of likely N-dealkylation sites (N-methyl/N-ethyl adjacent to an activating group) is 1. The number of rotatable bonds is 3. The SMILES string of the molecule is CN(C(=O)c1cc(I)ccc1Br)C(C)(C)CO. The number of halogens is 2. The first-order chi connectivity index (χ1) is 7.79. The third-order valence-electron chi connectivity index (χ3n) is 2.76. The fraction of sp³-hybridized carbons (Fsp3) is 0.417. The van der Waals surface area contributed by atoms with Crippen LogP contribution in [0.25, 0.3) is 0 Å². The summed E-state index contributed by atoms with van der Waals surface area (Å²) < 4.78 is 1.77. The third-order valence-corrected chi connectivity index (χ3v) is 4.12. The molecule has 0 unspecified atom stereocenters. The van der Waals surface area contributed by atoms with Gasteiger partial charge < -0.3 is 10.0 Å². The van der Waals surface area contributed by atoms with Crippen LogP contribution < -0.4 is 0 Å². The van der Waals surface area contributed by atoms with E-state index in [1.807, 2.05) is 32.0 Å². The molecule has 0 aromatic heterocycles. The Morgan fingerprint density at radius 3 is 2.65 bits per heavy atom. The van der Waals surface area contributed by atoms with E-state index in [1.54, 1.807) is 11.9 Å². The lowest BCUT2D eigenvalue weighted by molar-refractivity contribution is 0.0472. The van der Waals surface area contributed by atoms with Crippen LogP contribution >= 0.6 is 38.5 Å². The Labute approximate surface area is 123 Å². The quantitative estimate of drug-likeness (QED) is 0.777. The van der Waals surface area contributed by atoms with Crippen molar-refractivity contribution in [3.8, 4) is 0 Å². The average molecular weight is 412 g/mol. The number of benzene rings is 1. The number of carbonyl (C=O) groups excluding carboxylic acids is 1. The lowest BCUT2D eigenvalue weighted by atomic mass is 10.0. The molecule has 1 rings (SSSR count). The fourth-order valence-corrected chi connectivity index (χ4v) is 2.13. The second kappa shape index (κ2) is 5.67. The summed E-state index contributed by atoms with van der Waals surface area (Å²) >= 11 is 5.54. The third kappa shape index (κ3) is 3.42. The molecule has 0 fully saturated rings. The van der Waals surface area contributed by atoms with Crippen LogP contribution in [0.3, 0.4) is 0 Å². The molecular formula is C12H15BrINO2. The Morgan fingerprint density at radius 1 is 1.53 bits per heavy atom. The van der Waals surface area contributed by atoms with Crippen molar-refractivity contribution in [1.29, 1.82) is 0 Å². The van der Waals surface area contributed by atoms with Gasteiger partial charge in [-0.25, -0.2) is 0 Å². The molecule has 0 aliphatic rings. The highest BCUT2D eigenvalue weighted by Crippen LogP contribution is 2.23. The minimum absolute atomic E-state index is 0.0726. The summed E-state index contributed by atoms with van der Waals surface area (Å²) in [7, 11) is 1.70. The lowest BCUT2D eigenvalue weighted by Gasteiger charge is -2.34. The Balaban J connectivity index is 3.08. The molecule has 0 atom stereocenters. The molecule has 1 aromatic rings. The number of hydrogen-bond acceptors (Lipinski definition) is 2. The van der Waals surface area contributed by atoms with Crippen molar-refractivity contribution in [1.82, 2.24) is 4.90 Å². The van der Waals surface area contributed by atoms with E-state index in [9.17, 15) is 9.90 Å². The largest absolute Gasteiger partial charge is 0.394 e. The first-order valence-electron chi connectivity index (χ1n) is 5.13. The van der Waals surface area contributed by atoms with Gasteiger partial charge >= 0.3 is 0 Å². The lowest BCUT2D eigenvalue weighted by Crippen LogP contribution is -2.47. The van der Waals surface area contributed by atoms with Crippen molar-refractivity contribution in [2.24, 2.45) is 0 Å².